The van der Waals surface area contributed by atoms with E-state index in [4.69, 9.17) is 18.9 Å². The molecule has 46 heavy (non-hydrogen) atoms. The molecule has 3 aromatic rings. The molecule has 0 radical (unpaired) electrons. The summed E-state index contributed by atoms with van der Waals surface area (Å²) >= 11 is 0. The molecule has 1 unspecified atom stereocenters. The summed E-state index contributed by atoms with van der Waals surface area (Å²) in [5.41, 5.74) is 1.09. The van der Waals surface area contributed by atoms with E-state index < -0.39 is 41.6 Å². The summed E-state index contributed by atoms with van der Waals surface area (Å²) in [5.74, 6) is 5.04. The zero-order valence-corrected chi connectivity index (χ0v) is 27.3. The van der Waals surface area contributed by atoms with Gasteiger partial charge in [-0.1, -0.05) is 24.0 Å². The summed E-state index contributed by atoms with van der Waals surface area (Å²) in [4.78, 5) is 32.3. The minimum atomic E-state index is -4.85. The van der Waals surface area contributed by atoms with E-state index in [1.807, 2.05) is 0 Å². The van der Waals surface area contributed by atoms with Crippen molar-refractivity contribution in [3.05, 3.63) is 47.8 Å². The molecule has 4 rings (SSSR count). The molecule has 0 spiro atoms. The third-order valence-electron chi connectivity index (χ3n) is 6.39. The number of fused-ring (bicyclic) bond motifs is 1. The normalized spacial score (nSPS) is 16.5. The lowest BCUT2D eigenvalue weighted by molar-refractivity contribution is -0.274. The van der Waals surface area contributed by atoms with Crippen LogP contribution in [0.1, 0.15) is 66.5 Å². The molecule has 2 aromatic carbocycles. The van der Waals surface area contributed by atoms with Crippen molar-refractivity contribution in [3.8, 4) is 28.7 Å². The number of alkyl halides is 3. The van der Waals surface area contributed by atoms with Gasteiger partial charge >= 0.3 is 18.5 Å². The third kappa shape index (κ3) is 8.92. The van der Waals surface area contributed by atoms with Crippen molar-refractivity contribution in [2.75, 3.05) is 6.61 Å². The minimum Gasteiger partial charge on any atom is -0.443 e. The molecule has 0 bridgehead atoms. The number of amides is 2. The minimum absolute atomic E-state index is 0.232. The first-order chi connectivity index (χ1) is 21.1. The smallest absolute Gasteiger partial charge is 0.443 e. The number of halogens is 3. The summed E-state index contributed by atoms with van der Waals surface area (Å²) in [6, 6.07) is 7.00. The zero-order chi connectivity index (χ0) is 34.2. The van der Waals surface area contributed by atoms with E-state index in [9.17, 15) is 22.8 Å². The molecular weight excluding hydrogens is 607 g/mol. The number of aromatic nitrogens is 2. The number of benzene rings is 2. The summed E-state index contributed by atoms with van der Waals surface area (Å²) < 4.78 is 66.9. The predicted octanol–water partition coefficient (Wildman–Crippen LogP) is 7.31. The average Bonchev–Trinajstić information content (AvgIpc) is 3.44. The number of hydrogen-bond acceptors (Lipinski definition) is 8. The van der Waals surface area contributed by atoms with E-state index in [0.29, 0.717) is 33.3 Å². The molecule has 1 aromatic heterocycles. The van der Waals surface area contributed by atoms with E-state index >= 15 is 0 Å². The second-order valence-corrected chi connectivity index (χ2v) is 13.2. The van der Waals surface area contributed by atoms with Crippen LogP contribution in [0.15, 0.2) is 36.7 Å². The quantitative estimate of drug-likeness (QED) is 0.272. The van der Waals surface area contributed by atoms with Crippen LogP contribution in [0.4, 0.5) is 22.8 Å². The summed E-state index contributed by atoms with van der Waals surface area (Å²) in [7, 11) is 1.76. The highest BCUT2D eigenvalue weighted by Gasteiger charge is 2.34. The largest absolute Gasteiger partial charge is 0.573 e. The number of carbonyl (C=O) groups excluding carboxylic acids is 2. The van der Waals surface area contributed by atoms with Crippen molar-refractivity contribution in [1.82, 2.24) is 14.5 Å². The summed E-state index contributed by atoms with van der Waals surface area (Å²) in [5, 5.41) is 0. The fourth-order valence-corrected chi connectivity index (χ4v) is 4.63. The van der Waals surface area contributed by atoms with Crippen LogP contribution in [0.2, 0.25) is 0 Å². The lowest BCUT2D eigenvalue weighted by atomic mass is 9.96. The Balaban J connectivity index is 1.90. The van der Waals surface area contributed by atoms with Gasteiger partial charge in [-0.05, 0) is 84.7 Å². The fraction of sp³-hybridized carbons (Fsp3) is 0.485. The molecule has 248 valence electrons. The maximum absolute atomic E-state index is 13.4. The number of aryl methyl sites for hydroxylation is 1. The lowest BCUT2D eigenvalue weighted by Gasteiger charge is -2.29. The first kappa shape index (κ1) is 34.6. The molecular formula is C33H38F3N3O7. The molecule has 1 atom stereocenters. The molecule has 1 aliphatic rings. The number of imide groups is 1. The maximum atomic E-state index is 13.4. The van der Waals surface area contributed by atoms with Crippen LogP contribution in [-0.2, 0) is 32.5 Å². The van der Waals surface area contributed by atoms with Crippen molar-refractivity contribution < 1.29 is 46.4 Å². The Hall–Kier alpha value is -4.28. The van der Waals surface area contributed by atoms with Gasteiger partial charge in [0.25, 0.3) is 0 Å². The van der Waals surface area contributed by atoms with Crippen LogP contribution >= 0.6 is 0 Å². The van der Waals surface area contributed by atoms with Crippen molar-refractivity contribution in [3.63, 3.8) is 0 Å². The van der Waals surface area contributed by atoms with Crippen molar-refractivity contribution in [1.29, 1.82) is 0 Å². The number of imidazole rings is 1. The molecule has 13 heteroatoms. The number of carbonyl (C=O) groups is 2. The topological polar surface area (TPSA) is 101 Å². The van der Waals surface area contributed by atoms with Crippen LogP contribution in [0.25, 0.3) is 22.2 Å². The average molecular weight is 646 g/mol. The van der Waals surface area contributed by atoms with Crippen LogP contribution < -0.4 is 4.74 Å². The van der Waals surface area contributed by atoms with Gasteiger partial charge in [0.2, 0.25) is 0 Å². The van der Waals surface area contributed by atoms with E-state index in [1.54, 1.807) is 79.4 Å². The second kappa shape index (κ2) is 12.5. The van der Waals surface area contributed by atoms with E-state index in [0.717, 1.165) is 4.90 Å². The van der Waals surface area contributed by atoms with Gasteiger partial charge in [-0.3, -0.25) is 0 Å². The van der Waals surface area contributed by atoms with Gasteiger partial charge < -0.3 is 28.3 Å². The Morgan fingerprint density at radius 2 is 1.63 bits per heavy atom. The van der Waals surface area contributed by atoms with Crippen LogP contribution in [-0.4, -0.2) is 62.7 Å². The van der Waals surface area contributed by atoms with Gasteiger partial charge in [-0.2, -0.15) is 0 Å². The first-order valence-corrected chi connectivity index (χ1v) is 14.5. The molecule has 1 saturated heterocycles. The standard InChI is InChI=1S/C33H38F3N3O7/c1-30(2,3)45-28(40)39(29(41)46-31(4,5)6)17-21-16-25(20-10-12-22(13-11-20)44-33(34,35)36)26-27(38(9)19-37-26)24(21)15-14-23-18-42-32(7,8)43-23/h10-13,16,19,23H,17-18H2,1-9H3. The predicted molar refractivity (Wildman–Crippen MR) is 163 cm³/mol. The van der Waals surface area contributed by atoms with Crippen LogP contribution in [0.3, 0.4) is 0 Å². The zero-order valence-electron chi connectivity index (χ0n) is 27.3. The molecule has 10 nitrogen and oxygen atoms in total. The van der Waals surface area contributed by atoms with E-state index in [1.165, 1.54) is 24.3 Å². The molecule has 1 fully saturated rings. The van der Waals surface area contributed by atoms with Crippen molar-refractivity contribution >= 4 is 23.2 Å². The third-order valence-corrected chi connectivity index (χ3v) is 6.39. The van der Waals surface area contributed by atoms with Gasteiger partial charge in [0.15, 0.2) is 5.79 Å². The van der Waals surface area contributed by atoms with Gasteiger partial charge in [0.05, 0.1) is 36.1 Å². The number of nitrogens with zero attached hydrogens (tertiary/aromatic N) is 3. The Bertz CT molecular complexity index is 1640. The van der Waals surface area contributed by atoms with Gasteiger partial charge in [0.1, 0.15) is 23.1 Å². The highest BCUT2D eigenvalue weighted by Crippen LogP contribution is 2.35. The molecule has 2 heterocycles. The Kier molecular flexibility index (Phi) is 9.39. The maximum Gasteiger partial charge on any atom is 0.573 e. The molecule has 1 aliphatic heterocycles. The van der Waals surface area contributed by atoms with E-state index in [-0.39, 0.29) is 18.9 Å². The Labute approximate surface area is 265 Å². The molecule has 2 amide bonds. The number of ether oxygens (including phenoxy) is 5. The molecule has 0 N–H and O–H groups in total. The second-order valence-electron chi connectivity index (χ2n) is 13.2. The van der Waals surface area contributed by atoms with Crippen LogP contribution in [0, 0.1) is 11.8 Å². The monoisotopic (exact) mass is 645 g/mol. The lowest BCUT2D eigenvalue weighted by Crippen LogP contribution is -2.43. The molecule has 0 aliphatic carbocycles. The van der Waals surface area contributed by atoms with Crippen LogP contribution in [0.5, 0.6) is 5.75 Å². The van der Waals surface area contributed by atoms with Gasteiger partial charge in [0, 0.05) is 12.6 Å². The van der Waals surface area contributed by atoms with Gasteiger partial charge in [-0.15, -0.1) is 13.2 Å². The van der Waals surface area contributed by atoms with Gasteiger partial charge in [-0.25, -0.2) is 19.5 Å². The first-order valence-electron chi connectivity index (χ1n) is 14.5. The summed E-state index contributed by atoms with van der Waals surface area (Å²) in [6.45, 7) is 13.5. The van der Waals surface area contributed by atoms with Crippen molar-refractivity contribution in [2.24, 2.45) is 7.05 Å². The number of rotatable bonds is 4. The Morgan fingerprint density at radius 3 is 2.13 bits per heavy atom. The van der Waals surface area contributed by atoms with Crippen molar-refractivity contribution in [2.45, 2.75) is 91.4 Å². The summed E-state index contributed by atoms with van der Waals surface area (Å²) in [6.07, 6.45) is -5.70. The highest BCUT2D eigenvalue weighted by atomic mass is 19.4. The number of hydrogen-bond donors (Lipinski definition) is 0. The Morgan fingerprint density at radius 1 is 1.04 bits per heavy atom. The molecule has 0 saturated carbocycles. The fourth-order valence-electron chi connectivity index (χ4n) is 4.63. The highest BCUT2D eigenvalue weighted by molar-refractivity contribution is 5.97. The van der Waals surface area contributed by atoms with E-state index in [2.05, 4.69) is 21.6 Å². The SMILES string of the molecule is Cn1cnc2c(-c3ccc(OC(F)(F)F)cc3)cc(CN(C(=O)OC(C)(C)C)C(=O)OC(C)(C)C)c(C#CC3COC(C)(C)O3)c21.